The van der Waals surface area contributed by atoms with E-state index in [0.717, 1.165) is 31.4 Å². The van der Waals surface area contributed by atoms with E-state index in [1.807, 2.05) is 32.9 Å². The van der Waals surface area contributed by atoms with E-state index in [1.54, 1.807) is 13.2 Å². The van der Waals surface area contributed by atoms with E-state index in [4.69, 9.17) is 14.7 Å². The van der Waals surface area contributed by atoms with Gasteiger partial charge in [0.05, 0.1) is 12.7 Å². The third-order valence-electron chi connectivity index (χ3n) is 4.14. The molecule has 0 atom stereocenters. The number of rotatable bonds is 4. The molecule has 0 aromatic heterocycles. The van der Waals surface area contributed by atoms with Gasteiger partial charge < -0.3 is 20.1 Å². The lowest BCUT2D eigenvalue weighted by Gasteiger charge is -2.31. The summed E-state index contributed by atoms with van der Waals surface area (Å²) in [6.07, 6.45) is 3.39. The van der Waals surface area contributed by atoms with E-state index in [2.05, 4.69) is 16.7 Å². The third-order valence-corrected chi connectivity index (χ3v) is 4.14. The van der Waals surface area contributed by atoms with Crippen LogP contribution in [0.25, 0.3) is 0 Å². The second kappa shape index (κ2) is 8.11. The van der Waals surface area contributed by atoms with Gasteiger partial charge in [-0.05, 0) is 58.6 Å². The first-order chi connectivity index (χ1) is 11.8. The summed E-state index contributed by atoms with van der Waals surface area (Å²) < 4.78 is 10.5. The van der Waals surface area contributed by atoms with Gasteiger partial charge in [0, 0.05) is 23.8 Å². The number of alkyl carbamates (subject to hydrolysis) is 1. The number of amides is 1. The molecule has 0 bridgehead atoms. The SMILES string of the molecule is COc1cc(NC2CCC(NC(=O)OC(C)(C)C)CC2)ccc1C#N. The first kappa shape index (κ1) is 18.9. The molecule has 136 valence electrons. The predicted octanol–water partition coefficient (Wildman–Crippen LogP) is 3.81. The number of hydrogen-bond acceptors (Lipinski definition) is 5. The van der Waals surface area contributed by atoms with E-state index in [-0.39, 0.29) is 12.1 Å². The summed E-state index contributed by atoms with van der Waals surface area (Å²) in [6, 6.07) is 8.12. The summed E-state index contributed by atoms with van der Waals surface area (Å²) in [5.41, 5.74) is 0.995. The highest BCUT2D eigenvalue weighted by atomic mass is 16.6. The molecule has 0 unspecified atom stereocenters. The number of nitrogens with zero attached hydrogens (tertiary/aromatic N) is 1. The Balaban J connectivity index is 1.83. The molecule has 1 aliphatic rings. The minimum absolute atomic E-state index is 0.156. The molecule has 0 heterocycles. The molecule has 0 radical (unpaired) electrons. The molecule has 6 nitrogen and oxygen atoms in total. The van der Waals surface area contributed by atoms with E-state index < -0.39 is 5.60 Å². The topological polar surface area (TPSA) is 83.4 Å². The Bertz CT molecular complexity index is 638. The highest BCUT2D eigenvalue weighted by Crippen LogP contribution is 2.26. The van der Waals surface area contributed by atoms with Gasteiger partial charge in [0.15, 0.2) is 0 Å². The van der Waals surface area contributed by atoms with E-state index >= 15 is 0 Å². The van der Waals surface area contributed by atoms with Gasteiger partial charge >= 0.3 is 6.09 Å². The average Bonchev–Trinajstić information content (AvgIpc) is 2.54. The lowest BCUT2D eigenvalue weighted by Crippen LogP contribution is -2.42. The molecule has 0 saturated heterocycles. The summed E-state index contributed by atoms with van der Waals surface area (Å²) >= 11 is 0. The Morgan fingerprint density at radius 1 is 1.20 bits per heavy atom. The maximum Gasteiger partial charge on any atom is 0.407 e. The van der Waals surface area contributed by atoms with Gasteiger partial charge in [0.25, 0.3) is 0 Å². The number of hydrogen-bond donors (Lipinski definition) is 2. The van der Waals surface area contributed by atoms with Crippen molar-refractivity contribution in [2.75, 3.05) is 12.4 Å². The molecule has 2 N–H and O–H groups in total. The zero-order valence-corrected chi connectivity index (χ0v) is 15.4. The minimum Gasteiger partial charge on any atom is -0.495 e. The predicted molar refractivity (Wildman–Crippen MR) is 96.7 cm³/mol. The van der Waals surface area contributed by atoms with Crippen LogP contribution in [0.5, 0.6) is 5.75 Å². The molecule has 1 fully saturated rings. The van der Waals surface area contributed by atoms with Gasteiger partial charge in [-0.2, -0.15) is 5.26 Å². The molecule has 6 heteroatoms. The second-order valence-electron chi connectivity index (χ2n) is 7.37. The summed E-state index contributed by atoms with van der Waals surface area (Å²) in [6.45, 7) is 5.58. The zero-order valence-electron chi connectivity index (χ0n) is 15.4. The zero-order chi connectivity index (χ0) is 18.4. The summed E-state index contributed by atoms with van der Waals surface area (Å²) in [4.78, 5) is 11.8. The van der Waals surface area contributed by atoms with Crippen molar-refractivity contribution in [2.45, 2.75) is 64.1 Å². The number of carbonyl (C=O) groups excluding carboxylic acids is 1. The van der Waals surface area contributed by atoms with Crippen LogP contribution in [0.1, 0.15) is 52.0 Å². The van der Waals surface area contributed by atoms with Gasteiger partial charge in [0.1, 0.15) is 17.4 Å². The van der Waals surface area contributed by atoms with Crippen LogP contribution in [0, 0.1) is 11.3 Å². The highest BCUT2D eigenvalue weighted by Gasteiger charge is 2.24. The number of anilines is 1. The number of nitriles is 1. The van der Waals surface area contributed by atoms with Crippen LogP contribution >= 0.6 is 0 Å². The van der Waals surface area contributed by atoms with Crippen molar-refractivity contribution in [2.24, 2.45) is 0 Å². The Hall–Kier alpha value is -2.42. The Morgan fingerprint density at radius 2 is 1.84 bits per heavy atom. The maximum absolute atomic E-state index is 11.8. The fourth-order valence-electron chi connectivity index (χ4n) is 2.97. The maximum atomic E-state index is 11.8. The molecular formula is C19H27N3O3. The smallest absolute Gasteiger partial charge is 0.407 e. The molecule has 1 saturated carbocycles. The van der Waals surface area contributed by atoms with Crippen molar-refractivity contribution in [3.63, 3.8) is 0 Å². The number of methoxy groups -OCH3 is 1. The van der Waals surface area contributed by atoms with Crippen LogP contribution in [0.4, 0.5) is 10.5 Å². The number of benzene rings is 1. The molecule has 25 heavy (non-hydrogen) atoms. The van der Waals surface area contributed by atoms with E-state index in [9.17, 15) is 4.79 Å². The number of ether oxygens (including phenoxy) is 2. The molecule has 0 aliphatic heterocycles. The van der Waals surface area contributed by atoms with Gasteiger partial charge in [-0.3, -0.25) is 0 Å². The van der Waals surface area contributed by atoms with Crippen LogP contribution < -0.4 is 15.4 Å². The van der Waals surface area contributed by atoms with E-state index in [0.29, 0.717) is 17.4 Å². The van der Waals surface area contributed by atoms with Gasteiger partial charge in [0.2, 0.25) is 0 Å². The first-order valence-electron chi connectivity index (χ1n) is 8.65. The monoisotopic (exact) mass is 345 g/mol. The third kappa shape index (κ3) is 5.86. The van der Waals surface area contributed by atoms with Crippen LogP contribution in [0.3, 0.4) is 0 Å². The summed E-state index contributed by atoms with van der Waals surface area (Å²) in [7, 11) is 1.56. The molecule has 2 rings (SSSR count). The van der Waals surface area contributed by atoms with Crippen LogP contribution in [0.2, 0.25) is 0 Å². The molecule has 1 aromatic carbocycles. The Morgan fingerprint density at radius 3 is 2.40 bits per heavy atom. The summed E-state index contributed by atoms with van der Waals surface area (Å²) in [5, 5.41) is 15.5. The Kier molecular flexibility index (Phi) is 6.13. The fourth-order valence-corrected chi connectivity index (χ4v) is 2.97. The lowest BCUT2D eigenvalue weighted by atomic mass is 9.91. The number of nitrogens with one attached hydrogen (secondary N) is 2. The first-order valence-corrected chi connectivity index (χ1v) is 8.65. The van der Waals surface area contributed by atoms with Crippen molar-refractivity contribution < 1.29 is 14.3 Å². The van der Waals surface area contributed by atoms with Crippen LogP contribution in [-0.4, -0.2) is 30.9 Å². The van der Waals surface area contributed by atoms with E-state index in [1.165, 1.54) is 0 Å². The van der Waals surface area contributed by atoms with Crippen molar-refractivity contribution in [1.82, 2.24) is 5.32 Å². The highest BCUT2D eigenvalue weighted by molar-refractivity contribution is 5.68. The lowest BCUT2D eigenvalue weighted by molar-refractivity contribution is 0.0492. The van der Waals surface area contributed by atoms with Crippen LogP contribution in [0.15, 0.2) is 18.2 Å². The Labute approximate surface area is 149 Å². The van der Waals surface area contributed by atoms with Gasteiger partial charge in [-0.1, -0.05) is 0 Å². The second-order valence-corrected chi connectivity index (χ2v) is 7.37. The molecule has 0 spiro atoms. The van der Waals surface area contributed by atoms with Crippen molar-refractivity contribution in [1.29, 1.82) is 5.26 Å². The van der Waals surface area contributed by atoms with Crippen molar-refractivity contribution in [3.8, 4) is 11.8 Å². The molecule has 1 amide bonds. The quantitative estimate of drug-likeness (QED) is 0.867. The standard InChI is InChI=1S/C19H27N3O3/c1-19(2,3)25-18(23)22-15-9-7-14(8-10-15)21-16-6-5-13(12-20)17(11-16)24-4/h5-6,11,14-15,21H,7-10H2,1-4H3,(H,22,23). The van der Waals surface area contributed by atoms with Crippen LogP contribution in [-0.2, 0) is 4.74 Å². The molecule has 1 aliphatic carbocycles. The molecular weight excluding hydrogens is 318 g/mol. The largest absolute Gasteiger partial charge is 0.495 e. The van der Waals surface area contributed by atoms with Gasteiger partial charge in [-0.15, -0.1) is 0 Å². The van der Waals surface area contributed by atoms with Crippen molar-refractivity contribution in [3.05, 3.63) is 23.8 Å². The minimum atomic E-state index is -0.475. The van der Waals surface area contributed by atoms with Crippen molar-refractivity contribution >= 4 is 11.8 Å². The number of carbonyl (C=O) groups is 1. The molecule has 1 aromatic rings. The van der Waals surface area contributed by atoms with Gasteiger partial charge in [-0.25, -0.2) is 4.79 Å². The average molecular weight is 345 g/mol. The summed E-state index contributed by atoms with van der Waals surface area (Å²) in [5.74, 6) is 0.577. The normalized spacial score (nSPS) is 20.3. The fraction of sp³-hybridized carbons (Fsp3) is 0.579.